The van der Waals surface area contributed by atoms with Crippen LogP contribution in [-0.4, -0.2) is 49.3 Å². The fraction of sp³-hybridized carbons (Fsp3) is 0.190. The zero-order valence-corrected chi connectivity index (χ0v) is 17.1. The van der Waals surface area contributed by atoms with Crippen LogP contribution < -0.4 is 14.8 Å². The van der Waals surface area contributed by atoms with Gasteiger partial charge in [0.15, 0.2) is 0 Å². The minimum absolute atomic E-state index is 0.0261. The minimum atomic E-state index is -0.452. The van der Waals surface area contributed by atoms with Crippen molar-refractivity contribution in [1.82, 2.24) is 10.2 Å². The van der Waals surface area contributed by atoms with Gasteiger partial charge in [0.25, 0.3) is 17.1 Å². The molecule has 1 aliphatic heterocycles. The Kier molecular flexibility index (Phi) is 6.73. The summed E-state index contributed by atoms with van der Waals surface area (Å²) in [6, 6.07) is 10.4. The Morgan fingerprint density at radius 1 is 1.10 bits per heavy atom. The van der Waals surface area contributed by atoms with E-state index in [1.54, 1.807) is 18.2 Å². The molecule has 0 atom stereocenters. The van der Waals surface area contributed by atoms with Crippen molar-refractivity contribution >= 4 is 34.9 Å². The molecule has 7 nitrogen and oxygen atoms in total. The highest BCUT2D eigenvalue weighted by Crippen LogP contribution is 2.32. The molecule has 2 aromatic carbocycles. The van der Waals surface area contributed by atoms with Crippen LogP contribution in [0.5, 0.6) is 11.5 Å². The summed E-state index contributed by atoms with van der Waals surface area (Å²) in [5.74, 6) is -0.287. The third-order valence-electron chi connectivity index (χ3n) is 4.28. The molecule has 1 aliphatic rings. The van der Waals surface area contributed by atoms with E-state index < -0.39 is 11.1 Å². The van der Waals surface area contributed by atoms with Gasteiger partial charge in [0, 0.05) is 24.7 Å². The summed E-state index contributed by atoms with van der Waals surface area (Å²) in [5, 5.41) is 2.25. The van der Waals surface area contributed by atoms with E-state index in [1.165, 1.54) is 44.6 Å². The van der Waals surface area contributed by atoms with E-state index in [-0.39, 0.29) is 29.7 Å². The monoisotopic (exact) mass is 430 g/mol. The molecular weight excluding hydrogens is 411 g/mol. The Morgan fingerprint density at radius 2 is 1.73 bits per heavy atom. The van der Waals surface area contributed by atoms with Gasteiger partial charge in [0.05, 0.1) is 19.1 Å². The quantitative estimate of drug-likeness (QED) is 0.679. The highest BCUT2D eigenvalue weighted by atomic mass is 32.2. The van der Waals surface area contributed by atoms with Gasteiger partial charge < -0.3 is 14.8 Å². The van der Waals surface area contributed by atoms with Gasteiger partial charge in [-0.2, -0.15) is 0 Å². The molecule has 0 spiro atoms. The van der Waals surface area contributed by atoms with Crippen LogP contribution >= 0.6 is 11.8 Å². The number of ether oxygens (including phenoxy) is 2. The van der Waals surface area contributed by atoms with Crippen LogP contribution in [0.25, 0.3) is 6.08 Å². The summed E-state index contributed by atoms with van der Waals surface area (Å²) in [5.41, 5.74) is 0.943. The van der Waals surface area contributed by atoms with Gasteiger partial charge >= 0.3 is 0 Å². The number of halogens is 1. The van der Waals surface area contributed by atoms with E-state index in [0.29, 0.717) is 22.6 Å². The van der Waals surface area contributed by atoms with Crippen molar-refractivity contribution in [2.75, 3.05) is 27.3 Å². The van der Waals surface area contributed by atoms with Crippen molar-refractivity contribution in [3.8, 4) is 11.5 Å². The van der Waals surface area contributed by atoms with Crippen molar-refractivity contribution in [3.63, 3.8) is 0 Å². The van der Waals surface area contributed by atoms with Crippen LogP contribution in [0.3, 0.4) is 0 Å². The zero-order valence-electron chi connectivity index (χ0n) is 16.3. The molecule has 1 fully saturated rings. The van der Waals surface area contributed by atoms with Crippen molar-refractivity contribution < 1.29 is 28.2 Å². The highest BCUT2D eigenvalue weighted by Gasteiger charge is 2.34. The van der Waals surface area contributed by atoms with Crippen LogP contribution in [0.2, 0.25) is 0 Å². The first-order valence-corrected chi connectivity index (χ1v) is 9.75. The number of carbonyl (C=O) groups is 3. The number of benzene rings is 2. The Morgan fingerprint density at radius 3 is 2.33 bits per heavy atom. The van der Waals surface area contributed by atoms with E-state index in [2.05, 4.69) is 5.32 Å². The molecule has 9 heteroatoms. The lowest BCUT2D eigenvalue weighted by Gasteiger charge is -2.13. The summed E-state index contributed by atoms with van der Waals surface area (Å²) < 4.78 is 23.3. The second kappa shape index (κ2) is 9.45. The van der Waals surface area contributed by atoms with Gasteiger partial charge in [-0.3, -0.25) is 19.3 Å². The number of thioether (sulfide) groups is 1. The fourth-order valence-corrected chi connectivity index (χ4v) is 3.59. The van der Waals surface area contributed by atoms with E-state index in [1.807, 2.05) is 0 Å². The molecule has 0 unspecified atom stereocenters. The Bertz CT molecular complexity index is 985. The summed E-state index contributed by atoms with van der Waals surface area (Å²) in [7, 11) is 2.96. The Balaban J connectivity index is 1.61. The topological polar surface area (TPSA) is 84.9 Å². The zero-order chi connectivity index (χ0) is 21.7. The van der Waals surface area contributed by atoms with Crippen LogP contribution in [0, 0.1) is 5.82 Å². The van der Waals surface area contributed by atoms with E-state index in [0.717, 1.165) is 16.7 Å². The highest BCUT2D eigenvalue weighted by molar-refractivity contribution is 8.18. The van der Waals surface area contributed by atoms with Crippen molar-refractivity contribution in [2.45, 2.75) is 0 Å². The third-order valence-corrected chi connectivity index (χ3v) is 5.18. The van der Waals surface area contributed by atoms with Crippen molar-refractivity contribution in [2.24, 2.45) is 0 Å². The Labute approximate surface area is 176 Å². The Hall–Kier alpha value is -3.33. The largest absolute Gasteiger partial charge is 0.497 e. The molecule has 1 N–H and O–H groups in total. The average Bonchev–Trinajstić information content (AvgIpc) is 3.02. The molecule has 0 aliphatic carbocycles. The molecule has 0 saturated carbocycles. The number of imide groups is 1. The maximum atomic E-state index is 13.0. The average molecular weight is 430 g/mol. The SMILES string of the molecule is COc1cc(OC)cc(C(=O)NCCN2C(=O)S/C(=C\c3ccc(F)cc3)C2=O)c1. The van der Waals surface area contributed by atoms with Gasteiger partial charge in [-0.1, -0.05) is 12.1 Å². The number of methoxy groups -OCH3 is 2. The molecule has 0 radical (unpaired) electrons. The number of amides is 3. The number of nitrogens with zero attached hydrogens (tertiary/aromatic N) is 1. The van der Waals surface area contributed by atoms with Gasteiger partial charge in [-0.05, 0) is 47.7 Å². The first kappa shape index (κ1) is 21.4. The number of carbonyl (C=O) groups excluding carboxylic acids is 3. The van der Waals surface area contributed by atoms with Gasteiger partial charge in [-0.15, -0.1) is 0 Å². The molecule has 0 bridgehead atoms. The third kappa shape index (κ3) is 4.98. The lowest BCUT2D eigenvalue weighted by atomic mass is 10.2. The predicted molar refractivity (Wildman–Crippen MR) is 111 cm³/mol. The standard InChI is InChI=1S/C21H19FN2O5S/c1-28-16-10-14(11-17(12-16)29-2)19(25)23-7-8-24-20(26)18(30-21(24)27)9-13-3-5-15(22)6-4-13/h3-6,9-12H,7-8H2,1-2H3,(H,23,25)/b18-9-. The molecule has 30 heavy (non-hydrogen) atoms. The fourth-order valence-electron chi connectivity index (χ4n) is 2.72. The van der Waals surface area contributed by atoms with Crippen molar-refractivity contribution in [3.05, 3.63) is 64.3 Å². The lowest BCUT2D eigenvalue weighted by molar-refractivity contribution is -0.122. The summed E-state index contributed by atoms with van der Waals surface area (Å²) in [4.78, 5) is 38.4. The summed E-state index contributed by atoms with van der Waals surface area (Å²) >= 11 is 0.805. The second-order valence-corrected chi connectivity index (χ2v) is 7.24. The molecular formula is C21H19FN2O5S. The normalized spacial score (nSPS) is 14.9. The predicted octanol–water partition coefficient (Wildman–Crippen LogP) is 3.31. The number of hydrogen-bond donors (Lipinski definition) is 1. The first-order chi connectivity index (χ1) is 14.4. The molecule has 156 valence electrons. The molecule has 1 saturated heterocycles. The molecule has 0 aromatic heterocycles. The number of rotatable bonds is 7. The van der Waals surface area contributed by atoms with Crippen LogP contribution in [-0.2, 0) is 4.79 Å². The smallest absolute Gasteiger partial charge is 0.293 e. The van der Waals surface area contributed by atoms with E-state index in [9.17, 15) is 18.8 Å². The van der Waals surface area contributed by atoms with Crippen molar-refractivity contribution in [1.29, 1.82) is 0 Å². The van der Waals surface area contributed by atoms with E-state index >= 15 is 0 Å². The van der Waals surface area contributed by atoms with E-state index in [4.69, 9.17) is 9.47 Å². The molecule has 2 aromatic rings. The molecule has 3 amide bonds. The second-order valence-electron chi connectivity index (χ2n) is 6.24. The minimum Gasteiger partial charge on any atom is -0.497 e. The van der Waals surface area contributed by atoms with Crippen LogP contribution in [0.1, 0.15) is 15.9 Å². The lowest BCUT2D eigenvalue weighted by Crippen LogP contribution is -2.37. The molecule has 1 heterocycles. The number of nitrogens with one attached hydrogen (secondary N) is 1. The summed E-state index contributed by atoms with van der Waals surface area (Å²) in [6.07, 6.45) is 1.53. The first-order valence-electron chi connectivity index (χ1n) is 8.93. The maximum Gasteiger partial charge on any atom is 0.293 e. The van der Waals surface area contributed by atoms with Gasteiger partial charge in [-0.25, -0.2) is 4.39 Å². The van der Waals surface area contributed by atoms with Gasteiger partial charge in [0.2, 0.25) is 0 Å². The van der Waals surface area contributed by atoms with Crippen LogP contribution in [0.4, 0.5) is 9.18 Å². The maximum absolute atomic E-state index is 13.0. The molecule has 3 rings (SSSR count). The number of hydrogen-bond acceptors (Lipinski definition) is 6. The summed E-state index contributed by atoms with van der Waals surface area (Å²) in [6.45, 7) is 0.110. The van der Waals surface area contributed by atoms with Gasteiger partial charge in [0.1, 0.15) is 17.3 Å². The van der Waals surface area contributed by atoms with Crippen LogP contribution in [0.15, 0.2) is 47.4 Å².